The molecule has 0 bridgehead atoms. The summed E-state index contributed by atoms with van der Waals surface area (Å²) in [5, 5.41) is 4.87. The van der Waals surface area contributed by atoms with Crippen LogP contribution in [0.15, 0.2) is 176 Å². The zero-order valence-electron chi connectivity index (χ0n) is 25.6. The van der Waals surface area contributed by atoms with Gasteiger partial charge in [0.15, 0.2) is 0 Å². The molecule has 2 heteroatoms. The highest BCUT2D eigenvalue weighted by Crippen LogP contribution is 2.63. The number of nitrogens with zero attached hydrogens (tertiary/aromatic N) is 1. The molecule has 8 aromatic rings. The van der Waals surface area contributed by atoms with E-state index in [4.69, 9.17) is 4.74 Å². The summed E-state index contributed by atoms with van der Waals surface area (Å²) < 4.78 is 6.75. The highest BCUT2D eigenvalue weighted by molar-refractivity contribution is 5.98. The topological polar surface area (TPSA) is 12.5 Å². The third-order valence-corrected chi connectivity index (χ3v) is 10.1. The van der Waals surface area contributed by atoms with E-state index in [0.29, 0.717) is 0 Å². The summed E-state index contributed by atoms with van der Waals surface area (Å²) in [7, 11) is 0. The van der Waals surface area contributed by atoms with Gasteiger partial charge in [0.1, 0.15) is 11.5 Å². The molecular weight excluding hydrogens is 571 g/mol. The van der Waals surface area contributed by atoms with Gasteiger partial charge in [-0.05, 0) is 92.3 Å². The highest BCUT2D eigenvalue weighted by Gasteiger charge is 2.52. The number of hydrogen-bond donors (Lipinski definition) is 0. The Hall–Kier alpha value is -6.12. The van der Waals surface area contributed by atoms with Crippen LogP contribution >= 0.6 is 0 Å². The Labute approximate surface area is 273 Å². The Bertz CT molecular complexity index is 2520. The van der Waals surface area contributed by atoms with E-state index < -0.39 is 5.41 Å². The average molecular weight is 600 g/mol. The molecule has 8 aromatic carbocycles. The molecule has 0 saturated carbocycles. The van der Waals surface area contributed by atoms with Crippen molar-refractivity contribution in [2.24, 2.45) is 0 Å². The maximum Gasteiger partial charge on any atom is 0.132 e. The van der Waals surface area contributed by atoms with Crippen LogP contribution in [-0.2, 0) is 5.41 Å². The first kappa shape index (κ1) is 26.1. The number of para-hydroxylation sites is 2. The summed E-state index contributed by atoms with van der Waals surface area (Å²) in [6.07, 6.45) is 0. The molecule has 0 radical (unpaired) electrons. The summed E-state index contributed by atoms with van der Waals surface area (Å²) in [5.41, 5.74) is 10.2. The van der Waals surface area contributed by atoms with E-state index in [2.05, 4.69) is 181 Å². The molecule has 1 heterocycles. The third-order valence-electron chi connectivity index (χ3n) is 10.1. The number of anilines is 3. The van der Waals surface area contributed by atoms with E-state index >= 15 is 0 Å². The number of rotatable bonds is 3. The second-order valence-corrected chi connectivity index (χ2v) is 12.5. The van der Waals surface area contributed by atoms with Crippen LogP contribution < -0.4 is 9.64 Å². The van der Waals surface area contributed by atoms with Crippen LogP contribution in [0.3, 0.4) is 0 Å². The van der Waals surface area contributed by atoms with Crippen molar-refractivity contribution >= 4 is 38.6 Å². The predicted octanol–water partition coefficient (Wildman–Crippen LogP) is 11.9. The van der Waals surface area contributed by atoms with E-state index in [9.17, 15) is 0 Å². The summed E-state index contributed by atoms with van der Waals surface area (Å²) in [5.74, 6) is 1.81. The molecule has 0 amide bonds. The van der Waals surface area contributed by atoms with E-state index in [-0.39, 0.29) is 0 Å². The van der Waals surface area contributed by atoms with Crippen LogP contribution in [0.4, 0.5) is 17.1 Å². The van der Waals surface area contributed by atoms with Crippen LogP contribution in [-0.4, -0.2) is 0 Å². The van der Waals surface area contributed by atoms with Gasteiger partial charge in [0.2, 0.25) is 0 Å². The van der Waals surface area contributed by atoms with E-state index in [1.165, 1.54) is 54.9 Å². The van der Waals surface area contributed by atoms with Crippen molar-refractivity contribution in [1.82, 2.24) is 0 Å². The lowest BCUT2D eigenvalue weighted by Crippen LogP contribution is -2.32. The number of fused-ring (bicyclic) bond motifs is 12. The Kier molecular flexibility index (Phi) is 5.53. The molecular formula is C45H29NO. The molecule has 47 heavy (non-hydrogen) atoms. The van der Waals surface area contributed by atoms with Gasteiger partial charge < -0.3 is 9.64 Å². The van der Waals surface area contributed by atoms with Gasteiger partial charge >= 0.3 is 0 Å². The average Bonchev–Trinajstić information content (AvgIpc) is 3.42. The van der Waals surface area contributed by atoms with Gasteiger partial charge in [0.05, 0.1) is 5.41 Å². The molecule has 1 aliphatic carbocycles. The standard InChI is InChI=1S/C45H29NO/c1-2-15-33(16-3-1)46(34-24-22-30-12-4-5-14-32(30)28-34)35-25-26-38-37-18-8-9-19-39(37)45(41(38)29-35)40-20-10-11-21-42(40)47-43-27-23-31-13-6-7-17-36(31)44(43)45/h1-29H. The lowest BCUT2D eigenvalue weighted by molar-refractivity contribution is 0.438. The Morgan fingerprint density at radius 3 is 1.91 bits per heavy atom. The normalized spacial score (nSPS) is 15.5. The van der Waals surface area contributed by atoms with Crippen LogP contribution in [0.2, 0.25) is 0 Å². The van der Waals surface area contributed by atoms with Gasteiger partial charge in [-0.1, -0.05) is 127 Å². The Morgan fingerprint density at radius 2 is 1.02 bits per heavy atom. The van der Waals surface area contributed by atoms with Gasteiger partial charge in [0, 0.05) is 28.2 Å². The molecule has 1 aliphatic heterocycles. The van der Waals surface area contributed by atoms with Crippen LogP contribution in [0, 0.1) is 0 Å². The fraction of sp³-hybridized carbons (Fsp3) is 0.0222. The van der Waals surface area contributed by atoms with Crippen molar-refractivity contribution in [2.75, 3.05) is 4.90 Å². The molecule has 0 saturated heterocycles. The van der Waals surface area contributed by atoms with Gasteiger partial charge in [-0.25, -0.2) is 0 Å². The first-order chi connectivity index (χ1) is 23.3. The third kappa shape index (κ3) is 3.67. The van der Waals surface area contributed by atoms with Crippen LogP contribution in [0.25, 0.3) is 32.7 Å². The maximum absolute atomic E-state index is 6.75. The van der Waals surface area contributed by atoms with Crippen molar-refractivity contribution in [3.63, 3.8) is 0 Å². The largest absolute Gasteiger partial charge is 0.457 e. The Balaban J connectivity index is 1.31. The van der Waals surface area contributed by atoms with Crippen molar-refractivity contribution in [3.05, 3.63) is 198 Å². The fourth-order valence-electron chi connectivity index (χ4n) is 8.15. The molecule has 10 rings (SSSR count). The molecule has 220 valence electrons. The smallest absolute Gasteiger partial charge is 0.132 e. The molecule has 1 unspecified atom stereocenters. The van der Waals surface area contributed by atoms with Crippen LogP contribution in [0.5, 0.6) is 11.5 Å². The maximum atomic E-state index is 6.75. The zero-order chi connectivity index (χ0) is 31.0. The lowest BCUT2D eigenvalue weighted by atomic mass is 9.65. The second-order valence-electron chi connectivity index (χ2n) is 12.5. The monoisotopic (exact) mass is 599 g/mol. The van der Waals surface area contributed by atoms with E-state index in [1.807, 2.05) is 0 Å². The minimum Gasteiger partial charge on any atom is -0.457 e. The summed E-state index contributed by atoms with van der Waals surface area (Å²) in [6.45, 7) is 0. The quantitative estimate of drug-likeness (QED) is 0.200. The van der Waals surface area contributed by atoms with Gasteiger partial charge in [-0.3, -0.25) is 0 Å². The Morgan fingerprint density at radius 1 is 0.383 bits per heavy atom. The first-order valence-corrected chi connectivity index (χ1v) is 16.2. The van der Waals surface area contributed by atoms with Crippen molar-refractivity contribution < 1.29 is 4.74 Å². The summed E-state index contributed by atoms with van der Waals surface area (Å²) in [4.78, 5) is 2.39. The summed E-state index contributed by atoms with van der Waals surface area (Å²) >= 11 is 0. The lowest BCUT2D eigenvalue weighted by Gasteiger charge is -2.40. The molecule has 2 nitrogen and oxygen atoms in total. The van der Waals surface area contributed by atoms with Gasteiger partial charge in [-0.2, -0.15) is 0 Å². The van der Waals surface area contributed by atoms with Crippen molar-refractivity contribution in [2.45, 2.75) is 5.41 Å². The number of ether oxygens (including phenoxy) is 1. The zero-order valence-corrected chi connectivity index (χ0v) is 25.6. The van der Waals surface area contributed by atoms with Gasteiger partial charge in [0.25, 0.3) is 0 Å². The van der Waals surface area contributed by atoms with E-state index in [1.54, 1.807) is 0 Å². The fourth-order valence-corrected chi connectivity index (χ4v) is 8.15. The summed E-state index contributed by atoms with van der Waals surface area (Å²) in [6, 6.07) is 63.7. The highest BCUT2D eigenvalue weighted by atomic mass is 16.5. The second kappa shape index (κ2) is 9.94. The first-order valence-electron chi connectivity index (χ1n) is 16.2. The van der Waals surface area contributed by atoms with E-state index in [0.717, 1.165) is 28.6 Å². The minimum atomic E-state index is -0.571. The number of hydrogen-bond acceptors (Lipinski definition) is 2. The molecule has 0 N–H and O–H groups in total. The SMILES string of the molecule is c1ccc(N(c2ccc3c(c2)C2(c4ccccc4Oc4ccc5ccccc5c42)c2ccccc2-3)c2ccc3ccccc3c2)cc1. The molecule has 1 atom stereocenters. The van der Waals surface area contributed by atoms with Crippen molar-refractivity contribution in [3.8, 4) is 22.6 Å². The van der Waals surface area contributed by atoms with Crippen LogP contribution in [0.1, 0.15) is 22.3 Å². The molecule has 0 fully saturated rings. The molecule has 1 spiro atoms. The number of benzene rings is 8. The molecule has 0 aromatic heterocycles. The molecule has 2 aliphatic rings. The van der Waals surface area contributed by atoms with Gasteiger partial charge in [-0.15, -0.1) is 0 Å². The van der Waals surface area contributed by atoms with Crippen molar-refractivity contribution in [1.29, 1.82) is 0 Å². The minimum absolute atomic E-state index is 0.571. The predicted molar refractivity (Wildman–Crippen MR) is 194 cm³/mol.